The fraction of sp³-hybridized carbons (Fsp3) is 0.364. The fourth-order valence-corrected chi connectivity index (χ4v) is 1.26. The van der Waals surface area contributed by atoms with E-state index in [-0.39, 0.29) is 19.6 Å². The Balaban J connectivity index is 2.91. The molecular formula is C11H14O5. The molecule has 0 spiro atoms. The van der Waals surface area contributed by atoms with Crippen LogP contribution in [0.3, 0.4) is 0 Å². The topological polar surface area (TPSA) is 76.0 Å². The maximum atomic E-state index is 10.6. The fourth-order valence-electron chi connectivity index (χ4n) is 1.26. The summed E-state index contributed by atoms with van der Waals surface area (Å²) >= 11 is 0. The summed E-state index contributed by atoms with van der Waals surface area (Å²) in [5.74, 6) is 0.0805. The molecule has 16 heavy (non-hydrogen) atoms. The number of rotatable bonds is 6. The van der Waals surface area contributed by atoms with Gasteiger partial charge in [-0.25, -0.2) is 0 Å². The largest absolute Gasteiger partial charge is 0.497 e. The van der Waals surface area contributed by atoms with Crippen LogP contribution in [0.2, 0.25) is 0 Å². The standard InChI is InChI=1S/C11H14O5/c1-15-9-3-2-8(6-11(13)14)10(7-9)16-5-4-12/h2-3,7,12H,4-6H2,1H3,(H,13,14). The third-order valence-corrected chi connectivity index (χ3v) is 1.96. The van der Waals surface area contributed by atoms with Gasteiger partial charge in [-0.15, -0.1) is 0 Å². The smallest absolute Gasteiger partial charge is 0.307 e. The predicted molar refractivity (Wildman–Crippen MR) is 56.9 cm³/mol. The Kier molecular flexibility index (Phi) is 4.60. The maximum Gasteiger partial charge on any atom is 0.307 e. The molecule has 0 radical (unpaired) electrons. The number of methoxy groups -OCH3 is 1. The minimum atomic E-state index is -0.931. The first-order valence-corrected chi connectivity index (χ1v) is 4.79. The second-order valence-electron chi connectivity index (χ2n) is 3.12. The monoisotopic (exact) mass is 226 g/mol. The zero-order valence-corrected chi connectivity index (χ0v) is 8.97. The lowest BCUT2D eigenvalue weighted by molar-refractivity contribution is -0.136. The van der Waals surface area contributed by atoms with Crippen LogP contribution in [0.4, 0.5) is 0 Å². The van der Waals surface area contributed by atoms with E-state index in [4.69, 9.17) is 19.7 Å². The summed E-state index contributed by atoms with van der Waals surface area (Å²) in [4.78, 5) is 10.6. The normalized spacial score (nSPS) is 9.88. The molecule has 0 fully saturated rings. The molecule has 1 aromatic rings. The second kappa shape index (κ2) is 5.97. The van der Waals surface area contributed by atoms with Crippen LogP contribution in [0, 0.1) is 0 Å². The van der Waals surface area contributed by atoms with Crippen LogP contribution < -0.4 is 9.47 Å². The molecule has 0 unspecified atom stereocenters. The first-order valence-electron chi connectivity index (χ1n) is 4.79. The number of aliphatic hydroxyl groups excluding tert-OH is 1. The van der Waals surface area contributed by atoms with Gasteiger partial charge < -0.3 is 19.7 Å². The van der Waals surface area contributed by atoms with Gasteiger partial charge in [0.25, 0.3) is 0 Å². The van der Waals surface area contributed by atoms with E-state index >= 15 is 0 Å². The molecule has 0 saturated heterocycles. The Labute approximate surface area is 93.2 Å². The van der Waals surface area contributed by atoms with Gasteiger partial charge in [-0.3, -0.25) is 4.79 Å². The zero-order valence-electron chi connectivity index (χ0n) is 8.97. The van der Waals surface area contributed by atoms with Crippen molar-refractivity contribution in [2.24, 2.45) is 0 Å². The van der Waals surface area contributed by atoms with E-state index in [1.54, 1.807) is 18.2 Å². The lowest BCUT2D eigenvalue weighted by Gasteiger charge is -2.10. The van der Waals surface area contributed by atoms with E-state index in [2.05, 4.69) is 0 Å². The average molecular weight is 226 g/mol. The summed E-state index contributed by atoms with van der Waals surface area (Å²) < 4.78 is 10.2. The quantitative estimate of drug-likeness (QED) is 0.746. The first kappa shape index (κ1) is 12.3. The number of carbonyl (C=O) groups is 1. The van der Waals surface area contributed by atoms with Gasteiger partial charge in [0, 0.05) is 11.6 Å². The second-order valence-corrected chi connectivity index (χ2v) is 3.12. The van der Waals surface area contributed by atoms with E-state index < -0.39 is 5.97 Å². The van der Waals surface area contributed by atoms with Gasteiger partial charge in [0.2, 0.25) is 0 Å². The molecular weight excluding hydrogens is 212 g/mol. The van der Waals surface area contributed by atoms with Crippen LogP contribution in [0.15, 0.2) is 18.2 Å². The zero-order chi connectivity index (χ0) is 12.0. The number of ether oxygens (including phenoxy) is 2. The Morgan fingerprint density at radius 1 is 1.44 bits per heavy atom. The highest BCUT2D eigenvalue weighted by molar-refractivity contribution is 5.71. The van der Waals surface area contributed by atoms with Crippen molar-refractivity contribution in [3.05, 3.63) is 23.8 Å². The summed E-state index contributed by atoms with van der Waals surface area (Å²) in [6.07, 6.45) is -0.120. The van der Waals surface area contributed by atoms with Crippen LogP contribution in [0.25, 0.3) is 0 Å². The number of carboxylic acids is 1. The van der Waals surface area contributed by atoms with Crippen molar-refractivity contribution in [1.29, 1.82) is 0 Å². The molecule has 0 aliphatic heterocycles. The highest BCUT2D eigenvalue weighted by Crippen LogP contribution is 2.25. The van der Waals surface area contributed by atoms with Crippen LogP contribution in [-0.4, -0.2) is 36.5 Å². The van der Waals surface area contributed by atoms with Crippen molar-refractivity contribution in [2.45, 2.75) is 6.42 Å². The summed E-state index contributed by atoms with van der Waals surface area (Å²) in [7, 11) is 1.52. The number of hydrogen-bond donors (Lipinski definition) is 2. The molecule has 5 nitrogen and oxygen atoms in total. The van der Waals surface area contributed by atoms with E-state index in [1.807, 2.05) is 0 Å². The molecule has 0 bridgehead atoms. The molecule has 2 N–H and O–H groups in total. The van der Waals surface area contributed by atoms with Crippen LogP contribution >= 0.6 is 0 Å². The molecule has 5 heteroatoms. The summed E-state index contributed by atoms with van der Waals surface area (Å²) in [5, 5.41) is 17.4. The van der Waals surface area contributed by atoms with E-state index in [9.17, 15) is 4.79 Å². The summed E-state index contributed by atoms with van der Waals surface area (Å²) in [5.41, 5.74) is 0.557. The molecule has 1 rings (SSSR count). The number of aliphatic hydroxyl groups is 1. The van der Waals surface area contributed by atoms with E-state index in [0.717, 1.165) is 0 Å². The lowest BCUT2D eigenvalue weighted by Crippen LogP contribution is -2.07. The lowest BCUT2D eigenvalue weighted by atomic mass is 10.1. The van der Waals surface area contributed by atoms with Gasteiger partial charge >= 0.3 is 5.97 Å². The van der Waals surface area contributed by atoms with Gasteiger partial charge in [-0.2, -0.15) is 0 Å². The molecule has 0 aliphatic carbocycles. The minimum Gasteiger partial charge on any atom is -0.497 e. The highest BCUT2D eigenvalue weighted by atomic mass is 16.5. The van der Waals surface area contributed by atoms with E-state index in [1.165, 1.54) is 7.11 Å². The molecule has 0 atom stereocenters. The molecule has 88 valence electrons. The number of carboxylic acid groups (broad SMARTS) is 1. The summed E-state index contributed by atoms with van der Waals surface area (Å²) in [6.45, 7) is 0.00348. The Bertz CT molecular complexity index is 361. The molecule has 0 aliphatic rings. The molecule has 1 aromatic carbocycles. The van der Waals surface area contributed by atoms with Gasteiger partial charge in [0.1, 0.15) is 18.1 Å². The number of hydrogen-bond acceptors (Lipinski definition) is 4. The Morgan fingerprint density at radius 2 is 2.19 bits per heavy atom. The van der Waals surface area contributed by atoms with Gasteiger partial charge in [0.05, 0.1) is 20.1 Å². The average Bonchev–Trinajstić information content (AvgIpc) is 2.27. The SMILES string of the molecule is COc1ccc(CC(=O)O)c(OCCO)c1. The van der Waals surface area contributed by atoms with Crippen molar-refractivity contribution < 1.29 is 24.5 Å². The third kappa shape index (κ3) is 3.43. The van der Waals surface area contributed by atoms with Crippen LogP contribution in [0.5, 0.6) is 11.5 Å². The van der Waals surface area contributed by atoms with Crippen LogP contribution in [0.1, 0.15) is 5.56 Å². The highest BCUT2D eigenvalue weighted by Gasteiger charge is 2.09. The predicted octanol–water partition coefficient (Wildman–Crippen LogP) is 0.693. The van der Waals surface area contributed by atoms with Crippen molar-refractivity contribution in [1.82, 2.24) is 0 Å². The van der Waals surface area contributed by atoms with Gasteiger partial charge in [-0.1, -0.05) is 6.07 Å². The number of benzene rings is 1. The van der Waals surface area contributed by atoms with Gasteiger partial charge in [0.15, 0.2) is 0 Å². The van der Waals surface area contributed by atoms with Crippen molar-refractivity contribution in [3.63, 3.8) is 0 Å². The van der Waals surface area contributed by atoms with E-state index in [0.29, 0.717) is 17.1 Å². The van der Waals surface area contributed by atoms with Gasteiger partial charge in [-0.05, 0) is 6.07 Å². The van der Waals surface area contributed by atoms with Crippen molar-refractivity contribution in [2.75, 3.05) is 20.3 Å². The first-order chi connectivity index (χ1) is 7.67. The molecule has 0 amide bonds. The minimum absolute atomic E-state index is 0.120. The molecule has 0 saturated carbocycles. The molecule has 0 heterocycles. The third-order valence-electron chi connectivity index (χ3n) is 1.96. The van der Waals surface area contributed by atoms with Crippen molar-refractivity contribution in [3.8, 4) is 11.5 Å². The summed E-state index contributed by atoms with van der Waals surface area (Å²) in [6, 6.07) is 4.91. The van der Waals surface area contributed by atoms with Crippen LogP contribution in [-0.2, 0) is 11.2 Å². The van der Waals surface area contributed by atoms with Crippen molar-refractivity contribution >= 4 is 5.97 Å². The maximum absolute atomic E-state index is 10.6. The Hall–Kier alpha value is -1.75. The Morgan fingerprint density at radius 3 is 2.75 bits per heavy atom. The number of aliphatic carboxylic acids is 1. The molecule has 0 aromatic heterocycles.